The van der Waals surface area contributed by atoms with E-state index in [9.17, 15) is 9.90 Å². The molecular formula is C22H23NO4. The summed E-state index contributed by atoms with van der Waals surface area (Å²) in [4.78, 5) is 17.3. The van der Waals surface area contributed by atoms with Crippen LogP contribution in [0.15, 0.2) is 34.7 Å². The molecule has 5 nitrogen and oxygen atoms in total. The van der Waals surface area contributed by atoms with Gasteiger partial charge in [-0.1, -0.05) is 32.0 Å². The lowest BCUT2D eigenvalue weighted by Gasteiger charge is -2.31. The molecule has 0 aliphatic heterocycles. The van der Waals surface area contributed by atoms with E-state index in [1.54, 1.807) is 13.0 Å². The molecule has 140 valence electrons. The summed E-state index contributed by atoms with van der Waals surface area (Å²) >= 11 is 0. The van der Waals surface area contributed by atoms with E-state index in [-0.39, 0.29) is 11.2 Å². The number of pyridine rings is 1. The highest BCUT2D eigenvalue weighted by molar-refractivity contribution is 5.93. The summed E-state index contributed by atoms with van der Waals surface area (Å²) in [6, 6.07) is 9.34. The first kappa shape index (κ1) is 17.7. The molecule has 0 saturated heterocycles. The average Bonchev–Trinajstić information content (AvgIpc) is 2.90. The van der Waals surface area contributed by atoms with E-state index >= 15 is 0 Å². The lowest BCUT2D eigenvalue weighted by atomic mass is 9.75. The molecule has 0 saturated carbocycles. The number of esters is 1. The van der Waals surface area contributed by atoms with Crippen molar-refractivity contribution in [1.82, 2.24) is 4.98 Å². The number of rotatable bonds is 2. The molecule has 1 aromatic carbocycles. The number of carbonyl (C=O) groups excluding carboxylic acids is 1. The summed E-state index contributed by atoms with van der Waals surface area (Å²) in [5.74, 6) is 0.662. The quantitative estimate of drug-likeness (QED) is 0.528. The van der Waals surface area contributed by atoms with Gasteiger partial charge >= 0.3 is 5.97 Å². The topological polar surface area (TPSA) is 72.6 Å². The number of hydrogen-bond acceptors (Lipinski definition) is 5. The molecule has 3 aromatic rings. The Balaban J connectivity index is 1.70. The molecule has 0 spiro atoms. The van der Waals surface area contributed by atoms with Crippen LogP contribution >= 0.6 is 0 Å². The fourth-order valence-corrected chi connectivity index (χ4v) is 3.93. The summed E-state index contributed by atoms with van der Waals surface area (Å²) in [5, 5.41) is 11.4. The van der Waals surface area contributed by atoms with Crippen molar-refractivity contribution < 1.29 is 19.1 Å². The van der Waals surface area contributed by atoms with Gasteiger partial charge in [-0.25, -0.2) is 9.78 Å². The van der Waals surface area contributed by atoms with E-state index in [0.717, 1.165) is 16.6 Å². The van der Waals surface area contributed by atoms with Crippen LogP contribution in [-0.4, -0.2) is 16.1 Å². The first-order chi connectivity index (χ1) is 12.7. The van der Waals surface area contributed by atoms with Gasteiger partial charge in [0.25, 0.3) is 0 Å². The molecule has 1 N–H and O–H groups in total. The summed E-state index contributed by atoms with van der Waals surface area (Å²) in [6.07, 6.45) is 0.695. The fraction of sp³-hybridized carbons (Fsp3) is 0.364. The van der Waals surface area contributed by atoms with Gasteiger partial charge < -0.3 is 14.3 Å². The van der Waals surface area contributed by atoms with Crippen LogP contribution in [0.3, 0.4) is 0 Å². The number of aromatic nitrogens is 1. The lowest BCUT2D eigenvalue weighted by molar-refractivity contribution is 0.0692. The molecule has 27 heavy (non-hydrogen) atoms. The molecule has 5 heteroatoms. The summed E-state index contributed by atoms with van der Waals surface area (Å²) in [5.41, 5.74) is 2.80. The van der Waals surface area contributed by atoms with Gasteiger partial charge in [-0.3, -0.25) is 0 Å². The molecule has 1 aliphatic rings. The molecule has 4 rings (SSSR count). The number of aliphatic hydroxyl groups is 1. The Bertz CT molecular complexity index is 1050. The van der Waals surface area contributed by atoms with Crippen molar-refractivity contribution in [3.8, 4) is 5.75 Å². The van der Waals surface area contributed by atoms with E-state index in [0.29, 0.717) is 35.4 Å². The van der Waals surface area contributed by atoms with Gasteiger partial charge in [0.2, 0.25) is 5.76 Å². The Morgan fingerprint density at radius 1 is 1.26 bits per heavy atom. The number of furan rings is 1. The third-order valence-corrected chi connectivity index (χ3v) is 5.20. The maximum absolute atomic E-state index is 12.8. The largest absolute Gasteiger partial charge is 0.453 e. The number of benzene rings is 1. The van der Waals surface area contributed by atoms with Gasteiger partial charge in [0, 0.05) is 28.6 Å². The molecule has 0 unspecified atom stereocenters. The van der Waals surface area contributed by atoms with E-state index in [1.807, 2.05) is 31.2 Å². The van der Waals surface area contributed by atoms with Crippen LogP contribution in [-0.2, 0) is 6.42 Å². The first-order valence-electron chi connectivity index (χ1n) is 9.14. The minimum Gasteiger partial charge on any atom is -0.453 e. The van der Waals surface area contributed by atoms with Gasteiger partial charge in [0.15, 0.2) is 5.75 Å². The third-order valence-electron chi connectivity index (χ3n) is 5.20. The Hall–Kier alpha value is -2.66. The minimum atomic E-state index is -0.629. The smallest absolute Gasteiger partial charge is 0.379 e. The van der Waals surface area contributed by atoms with E-state index < -0.39 is 12.1 Å². The van der Waals surface area contributed by atoms with Crippen LogP contribution < -0.4 is 4.74 Å². The van der Waals surface area contributed by atoms with E-state index in [2.05, 4.69) is 18.8 Å². The number of hydrogen-bond donors (Lipinski definition) is 1. The normalized spacial score (nSPS) is 18.3. The molecular weight excluding hydrogens is 342 g/mol. The predicted molar refractivity (Wildman–Crippen MR) is 102 cm³/mol. The highest BCUT2D eigenvalue weighted by Gasteiger charge is 2.37. The number of aliphatic hydroxyl groups excluding tert-OH is 1. The van der Waals surface area contributed by atoms with Gasteiger partial charge in [-0.05, 0) is 37.8 Å². The second kappa shape index (κ2) is 6.20. The van der Waals surface area contributed by atoms with E-state index in [4.69, 9.17) is 9.15 Å². The van der Waals surface area contributed by atoms with Crippen molar-refractivity contribution in [3.05, 3.63) is 58.7 Å². The Morgan fingerprint density at radius 2 is 2.04 bits per heavy atom. The number of carbonyl (C=O) groups is 1. The number of para-hydroxylation sites is 1. The monoisotopic (exact) mass is 365 g/mol. The third kappa shape index (κ3) is 3.12. The molecule has 0 bridgehead atoms. The van der Waals surface area contributed by atoms with Gasteiger partial charge in [-0.2, -0.15) is 0 Å². The summed E-state index contributed by atoms with van der Waals surface area (Å²) in [7, 11) is 0. The Morgan fingerprint density at radius 3 is 2.81 bits per heavy atom. The zero-order chi connectivity index (χ0) is 19.3. The number of aryl methyl sites for hydroxylation is 1. The molecule has 0 radical (unpaired) electrons. The summed E-state index contributed by atoms with van der Waals surface area (Å²) < 4.78 is 11.5. The molecule has 1 aliphatic carbocycles. The van der Waals surface area contributed by atoms with Crippen LogP contribution in [0.5, 0.6) is 5.75 Å². The SMILES string of the molecule is Cc1ccc2cccc(OC(=O)c3oc4c(c3C)[C@H](O)CC(C)(C)C4)c2n1. The van der Waals surface area contributed by atoms with Crippen molar-refractivity contribution >= 4 is 16.9 Å². The molecule has 2 aromatic heterocycles. The first-order valence-corrected chi connectivity index (χ1v) is 9.14. The van der Waals surface area contributed by atoms with Gasteiger partial charge in [0.05, 0.1) is 6.10 Å². The van der Waals surface area contributed by atoms with Crippen LogP contribution in [0.2, 0.25) is 0 Å². The van der Waals surface area contributed by atoms with Gasteiger partial charge in [-0.15, -0.1) is 0 Å². The number of ether oxygens (including phenoxy) is 1. The highest BCUT2D eigenvalue weighted by Crippen LogP contribution is 2.44. The maximum atomic E-state index is 12.8. The Labute approximate surface area is 158 Å². The summed E-state index contributed by atoms with van der Waals surface area (Å²) in [6.45, 7) is 7.86. The van der Waals surface area contributed by atoms with E-state index in [1.165, 1.54) is 0 Å². The molecule has 1 atom stereocenters. The van der Waals surface area contributed by atoms with Crippen LogP contribution in [0.4, 0.5) is 0 Å². The van der Waals surface area contributed by atoms with Crippen molar-refractivity contribution in [2.24, 2.45) is 5.41 Å². The second-order valence-electron chi connectivity index (χ2n) is 8.12. The minimum absolute atomic E-state index is 0.0744. The van der Waals surface area contributed by atoms with Crippen molar-refractivity contribution in [3.63, 3.8) is 0 Å². The highest BCUT2D eigenvalue weighted by atomic mass is 16.5. The standard InChI is InChI=1S/C22H23NO4/c1-12-8-9-14-6-5-7-16(19(14)23-12)27-21(25)20-13(2)18-15(24)10-22(3,4)11-17(18)26-20/h5-9,15,24H,10-11H2,1-4H3/t15-/m1/s1. The maximum Gasteiger partial charge on any atom is 0.379 e. The average molecular weight is 365 g/mol. The lowest BCUT2D eigenvalue weighted by Crippen LogP contribution is -2.24. The molecule has 0 amide bonds. The van der Waals surface area contributed by atoms with Crippen LogP contribution in [0, 0.1) is 19.3 Å². The molecule has 2 heterocycles. The molecule has 0 fully saturated rings. The van der Waals surface area contributed by atoms with Crippen molar-refractivity contribution in [2.45, 2.75) is 46.6 Å². The fourth-order valence-electron chi connectivity index (χ4n) is 3.93. The van der Waals surface area contributed by atoms with Gasteiger partial charge in [0.1, 0.15) is 11.3 Å². The number of fused-ring (bicyclic) bond motifs is 2. The van der Waals surface area contributed by atoms with Crippen molar-refractivity contribution in [1.29, 1.82) is 0 Å². The zero-order valence-corrected chi connectivity index (χ0v) is 16.0. The second-order valence-corrected chi connectivity index (χ2v) is 8.12. The zero-order valence-electron chi connectivity index (χ0n) is 16.0. The van der Waals surface area contributed by atoms with Crippen molar-refractivity contribution in [2.75, 3.05) is 0 Å². The van der Waals surface area contributed by atoms with Crippen LogP contribution in [0.25, 0.3) is 10.9 Å². The number of nitrogens with zero attached hydrogens (tertiary/aromatic N) is 1. The Kier molecular flexibility index (Phi) is 4.07. The predicted octanol–water partition coefficient (Wildman–Crippen LogP) is 4.67. The van der Waals surface area contributed by atoms with Crippen LogP contribution in [0.1, 0.15) is 59.5 Å².